The molecule has 0 aliphatic carbocycles. The molecule has 0 aromatic heterocycles. The summed E-state index contributed by atoms with van der Waals surface area (Å²) in [5.41, 5.74) is 0.205. The average Bonchev–Trinajstić information content (AvgIpc) is 2.31. The number of hydrogen-bond donors (Lipinski definition) is 0. The van der Waals surface area contributed by atoms with Crippen LogP contribution in [0.3, 0.4) is 0 Å². The Hall–Kier alpha value is -1.69. The number of nitrogens with zero attached hydrogens (tertiary/aromatic N) is 2. The molecule has 0 bridgehead atoms. The highest BCUT2D eigenvalue weighted by Gasteiger charge is 2.22. The zero-order chi connectivity index (χ0) is 13.7. The molecular formula is C11H9IN2O4. The number of rotatable bonds is 4. The van der Waals surface area contributed by atoms with Crippen molar-refractivity contribution in [3.05, 3.63) is 36.9 Å². The predicted octanol–water partition coefficient (Wildman–Crippen LogP) is 2.18. The van der Waals surface area contributed by atoms with Crippen LogP contribution in [0.4, 0.5) is 5.69 Å². The Bertz CT molecular complexity index is 537. The largest absolute Gasteiger partial charge is 0.466 e. The van der Waals surface area contributed by atoms with Gasteiger partial charge in [0.25, 0.3) is 0 Å². The lowest BCUT2D eigenvalue weighted by Crippen LogP contribution is -2.10. The van der Waals surface area contributed by atoms with E-state index < -0.39 is 10.9 Å². The molecule has 0 fully saturated rings. The van der Waals surface area contributed by atoms with Crippen LogP contribution in [-0.2, 0) is 16.0 Å². The van der Waals surface area contributed by atoms with E-state index in [0.29, 0.717) is 9.13 Å². The Morgan fingerprint density at radius 3 is 2.78 bits per heavy atom. The van der Waals surface area contributed by atoms with Crippen molar-refractivity contribution in [2.45, 2.75) is 13.3 Å². The number of esters is 1. The van der Waals surface area contributed by atoms with Gasteiger partial charge in [-0.2, -0.15) is 5.26 Å². The molecular weight excluding hydrogens is 351 g/mol. The van der Waals surface area contributed by atoms with Crippen LogP contribution in [-0.4, -0.2) is 17.5 Å². The van der Waals surface area contributed by atoms with Gasteiger partial charge in [-0.3, -0.25) is 14.9 Å². The van der Waals surface area contributed by atoms with Crippen molar-refractivity contribution in [2.24, 2.45) is 0 Å². The molecule has 7 heteroatoms. The summed E-state index contributed by atoms with van der Waals surface area (Å²) >= 11 is 1.77. The Labute approximate surface area is 117 Å². The number of nitro benzene ring substituents is 1. The topological polar surface area (TPSA) is 93.2 Å². The first-order chi connectivity index (χ1) is 8.51. The number of benzene rings is 1. The zero-order valence-corrected chi connectivity index (χ0v) is 11.6. The number of carbonyl (C=O) groups excluding carboxylic acids is 1. The van der Waals surface area contributed by atoms with Gasteiger partial charge in [0, 0.05) is 0 Å². The minimum atomic E-state index is -0.616. The Balaban J connectivity index is 3.17. The molecule has 0 amide bonds. The van der Waals surface area contributed by atoms with E-state index in [1.54, 1.807) is 35.6 Å². The van der Waals surface area contributed by atoms with Crippen molar-refractivity contribution < 1.29 is 14.5 Å². The number of hydrogen-bond acceptors (Lipinski definition) is 5. The highest BCUT2D eigenvalue weighted by molar-refractivity contribution is 14.1. The first-order valence-corrected chi connectivity index (χ1v) is 6.10. The Morgan fingerprint density at radius 2 is 2.28 bits per heavy atom. The number of halogens is 1. The molecule has 0 spiro atoms. The standard InChI is InChI=1S/C11H9IN2O4/c1-2-18-9(15)5-7-3-4-8(6-13)11(10(7)12)14(16)17/h3-4H,2,5H2,1H3. The summed E-state index contributed by atoms with van der Waals surface area (Å²) in [6, 6.07) is 4.63. The van der Waals surface area contributed by atoms with E-state index in [9.17, 15) is 14.9 Å². The van der Waals surface area contributed by atoms with Gasteiger partial charge in [-0.15, -0.1) is 0 Å². The van der Waals surface area contributed by atoms with Gasteiger partial charge in [-0.25, -0.2) is 0 Å². The first kappa shape index (κ1) is 14.4. The first-order valence-electron chi connectivity index (χ1n) is 5.02. The summed E-state index contributed by atoms with van der Waals surface area (Å²) in [4.78, 5) is 21.6. The third-order valence-corrected chi connectivity index (χ3v) is 3.34. The molecule has 0 atom stereocenters. The monoisotopic (exact) mass is 360 g/mol. The number of nitro groups is 1. The fourth-order valence-electron chi connectivity index (χ4n) is 1.38. The molecule has 1 aromatic carbocycles. The Kier molecular flexibility index (Phi) is 5.03. The lowest BCUT2D eigenvalue weighted by Gasteiger charge is -2.06. The third-order valence-electron chi connectivity index (χ3n) is 2.14. The van der Waals surface area contributed by atoms with Crippen molar-refractivity contribution in [1.82, 2.24) is 0 Å². The van der Waals surface area contributed by atoms with E-state index in [4.69, 9.17) is 10.00 Å². The van der Waals surface area contributed by atoms with Crippen molar-refractivity contribution >= 4 is 34.2 Å². The quantitative estimate of drug-likeness (QED) is 0.355. The van der Waals surface area contributed by atoms with Gasteiger partial charge in [0.05, 0.1) is 21.5 Å². The fourth-order valence-corrected chi connectivity index (χ4v) is 2.24. The molecule has 0 aliphatic rings. The molecule has 0 saturated carbocycles. The van der Waals surface area contributed by atoms with Gasteiger partial charge < -0.3 is 4.74 Å². The molecule has 6 nitrogen and oxygen atoms in total. The molecule has 0 unspecified atom stereocenters. The summed E-state index contributed by atoms with van der Waals surface area (Å²) in [6.45, 7) is 1.94. The SMILES string of the molecule is CCOC(=O)Cc1ccc(C#N)c([N+](=O)[O-])c1I. The highest BCUT2D eigenvalue weighted by Crippen LogP contribution is 2.28. The van der Waals surface area contributed by atoms with Crippen LogP contribution in [0.5, 0.6) is 0 Å². The molecule has 18 heavy (non-hydrogen) atoms. The van der Waals surface area contributed by atoms with Gasteiger partial charge >= 0.3 is 11.7 Å². The third kappa shape index (κ3) is 3.16. The van der Waals surface area contributed by atoms with E-state index >= 15 is 0 Å². The highest BCUT2D eigenvalue weighted by atomic mass is 127. The molecule has 1 rings (SSSR count). The maximum absolute atomic E-state index is 11.3. The summed E-state index contributed by atoms with van der Waals surface area (Å²) < 4.78 is 5.08. The maximum Gasteiger partial charge on any atom is 0.310 e. The summed E-state index contributed by atoms with van der Waals surface area (Å²) in [5, 5.41) is 19.7. The van der Waals surface area contributed by atoms with Gasteiger partial charge in [0.1, 0.15) is 11.6 Å². The van der Waals surface area contributed by atoms with Crippen LogP contribution in [0.1, 0.15) is 18.1 Å². The smallest absolute Gasteiger partial charge is 0.310 e. The maximum atomic E-state index is 11.3. The lowest BCUT2D eigenvalue weighted by molar-refractivity contribution is -0.386. The lowest BCUT2D eigenvalue weighted by atomic mass is 10.1. The molecule has 0 N–H and O–H groups in total. The number of nitriles is 1. The Morgan fingerprint density at radius 1 is 1.61 bits per heavy atom. The van der Waals surface area contributed by atoms with E-state index in [1.165, 1.54) is 12.1 Å². The van der Waals surface area contributed by atoms with E-state index in [2.05, 4.69) is 0 Å². The van der Waals surface area contributed by atoms with Crippen LogP contribution >= 0.6 is 22.6 Å². The minimum Gasteiger partial charge on any atom is -0.466 e. The van der Waals surface area contributed by atoms with Crippen LogP contribution in [0.25, 0.3) is 0 Å². The summed E-state index contributed by atoms with van der Waals surface area (Å²) in [7, 11) is 0. The molecule has 94 valence electrons. The van der Waals surface area contributed by atoms with Gasteiger partial charge in [-0.05, 0) is 41.1 Å². The second-order valence-corrected chi connectivity index (χ2v) is 4.36. The molecule has 0 heterocycles. The average molecular weight is 360 g/mol. The van der Waals surface area contributed by atoms with Crippen LogP contribution in [0.2, 0.25) is 0 Å². The normalized spacial score (nSPS) is 9.61. The van der Waals surface area contributed by atoms with Crippen LogP contribution in [0.15, 0.2) is 12.1 Å². The van der Waals surface area contributed by atoms with Crippen molar-refractivity contribution in [3.8, 4) is 6.07 Å². The fraction of sp³-hybridized carbons (Fsp3) is 0.273. The predicted molar refractivity (Wildman–Crippen MR) is 70.9 cm³/mol. The molecule has 0 saturated heterocycles. The van der Waals surface area contributed by atoms with Crippen molar-refractivity contribution in [1.29, 1.82) is 5.26 Å². The van der Waals surface area contributed by atoms with Gasteiger partial charge in [0.15, 0.2) is 0 Å². The summed E-state index contributed by atoms with van der Waals surface area (Å²) in [5.74, 6) is -0.450. The summed E-state index contributed by atoms with van der Waals surface area (Å²) in [6.07, 6.45) is -0.0430. The van der Waals surface area contributed by atoms with Crippen LogP contribution < -0.4 is 0 Å². The van der Waals surface area contributed by atoms with E-state index in [1.807, 2.05) is 0 Å². The number of carbonyl (C=O) groups is 1. The minimum absolute atomic E-state index is 0.0167. The van der Waals surface area contributed by atoms with Crippen molar-refractivity contribution in [3.63, 3.8) is 0 Å². The van der Waals surface area contributed by atoms with Crippen LogP contribution in [0, 0.1) is 25.0 Å². The van der Waals surface area contributed by atoms with Gasteiger partial charge in [0.2, 0.25) is 0 Å². The molecule has 0 aliphatic heterocycles. The van der Waals surface area contributed by atoms with E-state index in [-0.39, 0.29) is 24.3 Å². The molecule has 1 aromatic rings. The molecule has 0 radical (unpaired) electrons. The van der Waals surface area contributed by atoms with Gasteiger partial charge in [-0.1, -0.05) is 6.07 Å². The second-order valence-electron chi connectivity index (χ2n) is 3.29. The number of ether oxygens (including phenoxy) is 1. The zero-order valence-electron chi connectivity index (χ0n) is 9.47. The van der Waals surface area contributed by atoms with E-state index in [0.717, 1.165) is 0 Å². The van der Waals surface area contributed by atoms with Crippen molar-refractivity contribution in [2.75, 3.05) is 6.61 Å². The second kappa shape index (κ2) is 6.30.